The van der Waals surface area contributed by atoms with Crippen molar-refractivity contribution in [1.29, 1.82) is 0 Å². The van der Waals surface area contributed by atoms with Crippen molar-refractivity contribution in [2.75, 3.05) is 40.0 Å². The van der Waals surface area contributed by atoms with E-state index in [-0.39, 0.29) is 18.4 Å². The van der Waals surface area contributed by atoms with Crippen LogP contribution in [0.15, 0.2) is 53.4 Å². The van der Waals surface area contributed by atoms with E-state index >= 15 is 0 Å². The second-order valence-corrected chi connectivity index (χ2v) is 9.12. The fourth-order valence-corrected chi connectivity index (χ4v) is 4.75. The third kappa shape index (κ3) is 5.73. The summed E-state index contributed by atoms with van der Waals surface area (Å²) in [6, 6.07) is 15.1. The van der Waals surface area contributed by atoms with Gasteiger partial charge in [0.2, 0.25) is 0 Å². The predicted octanol–water partition coefficient (Wildman–Crippen LogP) is 3.33. The first-order chi connectivity index (χ1) is 16.0. The SMILES string of the molecule is COc1cc(/C=C2/SC(=S)N(Cc3ccccc3)C2=O)ccc1OCC(=O)N1CCOCC1. The van der Waals surface area contributed by atoms with Gasteiger partial charge in [-0.25, -0.2) is 0 Å². The molecule has 2 aromatic carbocycles. The smallest absolute Gasteiger partial charge is 0.266 e. The maximum Gasteiger partial charge on any atom is 0.266 e. The Morgan fingerprint density at radius 3 is 2.64 bits per heavy atom. The summed E-state index contributed by atoms with van der Waals surface area (Å²) in [4.78, 5) is 29.1. The van der Waals surface area contributed by atoms with Crippen LogP contribution < -0.4 is 9.47 Å². The second-order valence-electron chi connectivity index (χ2n) is 7.45. The van der Waals surface area contributed by atoms with Crippen LogP contribution in [0, 0.1) is 0 Å². The van der Waals surface area contributed by atoms with Crippen molar-refractivity contribution in [1.82, 2.24) is 9.80 Å². The Balaban J connectivity index is 1.43. The summed E-state index contributed by atoms with van der Waals surface area (Å²) in [6.07, 6.45) is 1.79. The van der Waals surface area contributed by atoms with Crippen LogP contribution in [-0.2, 0) is 20.9 Å². The highest BCUT2D eigenvalue weighted by Crippen LogP contribution is 2.35. The quantitative estimate of drug-likeness (QED) is 0.441. The van der Waals surface area contributed by atoms with Crippen molar-refractivity contribution in [3.8, 4) is 11.5 Å². The maximum absolute atomic E-state index is 12.9. The van der Waals surface area contributed by atoms with E-state index in [1.54, 1.807) is 28.0 Å². The van der Waals surface area contributed by atoms with Crippen molar-refractivity contribution < 1.29 is 23.8 Å². The number of hydrogen-bond donors (Lipinski definition) is 0. The molecule has 4 rings (SSSR count). The Hall–Kier alpha value is -2.88. The van der Waals surface area contributed by atoms with Crippen molar-refractivity contribution in [2.45, 2.75) is 6.54 Å². The summed E-state index contributed by atoms with van der Waals surface area (Å²) in [7, 11) is 1.54. The number of carbonyl (C=O) groups excluding carboxylic acids is 2. The lowest BCUT2D eigenvalue weighted by Crippen LogP contribution is -2.43. The predicted molar refractivity (Wildman–Crippen MR) is 131 cm³/mol. The van der Waals surface area contributed by atoms with Crippen LogP contribution in [0.4, 0.5) is 0 Å². The molecule has 0 aromatic heterocycles. The van der Waals surface area contributed by atoms with Crippen LogP contribution in [0.2, 0.25) is 0 Å². The average Bonchev–Trinajstić information content (AvgIpc) is 3.11. The molecule has 0 saturated carbocycles. The highest BCUT2D eigenvalue weighted by atomic mass is 32.2. The van der Waals surface area contributed by atoms with Gasteiger partial charge in [-0.2, -0.15) is 0 Å². The van der Waals surface area contributed by atoms with E-state index in [2.05, 4.69) is 0 Å². The van der Waals surface area contributed by atoms with Crippen LogP contribution >= 0.6 is 24.0 Å². The third-order valence-corrected chi connectivity index (χ3v) is 6.64. The summed E-state index contributed by atoms with van der Waals surface area (Å²) in [6.45, 7) is 2.59. The molecular weight excluding hydrogens is 460 g/mol. The lowest BCUT2D eigenvalue weighted by Gasteiger charge is -2.26. The molecule has 7 nitrogen and oxygen atoms in total. The van der Waals surface area contributed by atoms with Gasteiger partial charge in [0.15, 0.2) is 18.1 Å². The average molecular weight is 485 g/mol. The standard InChI is InChI=1S/C24H24N2O5S2/c1-29-20-13-18(7-8-19(20)31-16-22(27)25-9-11-30-12-10-25)14-21-23(28)26(24(32)33-21)15-17-5-3-2-4-6-17/h2-8,13-14H,9-12,15-16H2,1H3/b21-14+. The Morgan fingerprint density at radius 1 is 1.15 bits per heavy atom. The van der Waals surface area contributed by atoms with E-state index in [1.807, 2.05) is 36.4 Å². The molecule has 2 aliphatic heterocycles. The van der Waals surface area contributed by atoms with Crippen molar-refractivity contribution in [3.63, 3.8) is 0 Å². The number of ether oxygens (including phenoxy) is 3. The second kappa shape index (κ2) is 10.8. The molecule has 0 N–H and O–H groups in total. The van der Waals surface area contributed by atoms with Crippen LogP contribution in [0.3, 0.4) is 0 Å². The Kier molecular flexibility index (Phi) is 7.64. The summed E-state index contributed by atoms with van der Waals surface area (Å²) in [5.41, 5.74) is 1.80. The molecule has 2 fully saturated rings. The number of thioether (sulfide) groups is 1. The molecule has 9 heteroatoms. The van der Waals surface area contributed by atoms with E-state index in [1.165, 1.54) is 18.9 Å². The van der Waals surface area contributed by atoms with Crippen LogP contribution in [0.1, 0.15) is 11.1 Å². The molecule has 33 heavy (non-hydrogen) atoms. The van der Waals surface area contributed by atoms with Gasteiger partial charge in [0.1, 0.15) is 4.32 Å². The molecule has 2 aromatic rings. The van der Waals surface area contributed by atoms with Crippen LogP contribution in [0.5, 0.6) is 11.5 Å². The Morgan fingerprint density at radius 2 is 1.91 bits per heavy atom. The number of nitrogens with zero attached hydrogens (tertiary/aromatic N) is 2. The minimum Gasteiger partial charge on any atom is -0.493 e. The molecule has 172 valence electrons. The topological polar surface area (TPSA) is 68.3 Å². The zero-order valence-corrected chi connectivity index (χ0v) is 19.8. The highest BCUT2D eigenvalue weighted by molar-refractivity contribution is 8.26. The van der Waals surface area contributed by atoms with E-state index in [0.29, 0.717) is 53.6 Å². The molecule has 0 radical (unpaired) electrons. The first-order valence-electron chi connectivity index (χ1n) is 10.5. The molecule has 0 aliphatic carbocycles. The van der Waals surface area contributed by atoms with Gasteiger partial charge in [-0.15, -0.1) is 0 Å². The molecule has 2 aliphatic rings. The molecule has 0 atom stereocenters. The zero-order valence-electron chi connectivity index (χ0n) is 18.2. The third-order valence-electron chi connectivity index (χ3n) is 5.26. The first kappa shape index (κ1) is 23.3. The van der Waals surface area contributed by atoms with E-state index < -0.39 is 0 Å². The zero-order chi connectivity index (χ0) is 23.2. The summed E-state index contributed by atoms with van der Waals surface area (Å²) >= 11 is 6.71. The van der Waals surface area contributed by atoms with Crippen molar-refractivity contribution in [2.24, 2.45) is 0 Å². The van der Waals surface area contributed by atoms with Crippen molar-refractivity contribution >= 4 is 46.2 Å². The maximum atomic E-state index is 12.9. The number of rotatable bonds is 7. The number of thiocarbonyl (C=S) groups is 1. The van der Waals surface area contributed by atoms with Gasteiger partial charge < -0.3 is 19.1 Å². The van der Waals surface area contributed by atoms with Gasteiger partial charge in [0, 0.05) is 13.1 Å². The van der Waals surface area contributed by atoms with Crippen LogP contribution in [0.25, 0.3) is 6.08 Å². The van der Waals surface area contributed by atoms with E-state index in [0.717, 1.165) is 11.1 Å². The fraction of sp³-hybridized carbons (Fsp3) is 0.292. The van der Waals surface area contributed by atoms with E-state index in [9.17, 15) is 9.59 Å². The summed E-state index contributed by atoms with van der Waals surface area (Å²) in [5, 5.41) is 0. The summed E-state index contributed by atoms with van der Waals surface area (Å²) < 4.78 is 17.0. The number of carbonyl (C=O) groups is 2. The van der Waals surface area contributed by atoms with Gasteiger partial charge >= 0.3 is 0 Å². The molecule has 2 heterocycles. The lowest BCUT2D eigenvalue weighted by atomic mass is 10.1. The normalized spacial score (nSPS) is 17.5. The molecule has 0 bridgehead atoms. The highest BCUT2D eigenvalue weighted by Gasteiger charge is 2.32. The van der Waals surface area contributed by atoms with Gasteiger partial charge in [0.05, 0.1) is 31.8 Å². The number of morpholine rings is 1. The van der Waals surface area contributed by atoms with Gasteiger partial charge in [-0.1, -0.05) is 60.4 Å². The minimum atomic E-state index is -0.121. The molecular formula is C24H24N2O5S2. The molecule has 0 spiro atoms. The Labute approximate surface area is 202 Å². The number of amides is 2. The van der Waals surface area contributed by atoms with Gasteiger partial charge in [-0.3, -0.25) is 14.5 Å². The molecule has 0 unspecified atom stereocenters. The molecule has 2 amide bonds. The lowest BCUT2D eigenvalue weighted by molar-refractivity contribution is -0.137. The van der Waals surface area contributed by atoms with Gasteiger partial charge in [-0.05, 0) is 29.3 Å². The Bertz CT molecular complexity index is 1070. The van der Waals surface area contributed by atoms with Crippen LogP contribution in [-0.4, -0.2) is 66.0 Å². The number of methoxy groups -OCH3 is 1. The minimum absolute atomic E-state index is 0.0755. The number of benzene rings is 2. The monoisotopic (exact) mass is 484 g/mol. The summed E-state index contributed by atoms with van der Waals surface area (Å²) in [5.74, 6) is 0.738. The number of hydrogen-bond acceptors (Lipinski definition) is 7. The van der Waals surface area contributed by atoms with Crippen molar-refractivity contribution in [3.05, 3.63) is 64.6 Å². The largest absolute Gasteiger partial charge is 0.493 e. The fourth-order valence-electron chi connectivity index (χ4n) is 3.49. The van der Waals surface area contributed by atoms with Gasteiger partial charge in [0.25, 0.3) is 11.8 Å². The van der Waals surface area contributed by atoms with E-state index in [4.69, 9.17) is 26.4 Å². The first-order valence-corrected chi connectivity index (χ1v) is 11.7. The molecule has 2 saturated heterocycles.